The Morgan fingerprint density at radius 2 is 1.62 bits per heavy atom. The van der Waals surface area contributed by atoms with Crippen LogP contribution in [0.3, 0.4) is 0 Å². The van der Waals surface area contributed by atoms with E-state index in [9.17, 15) is 24.6 Å². The molecule has 0 bridgehead atoms. The standard InChI is InChI=1S/C45H65IN2O5/c1-27(2)32-16-22-44(40(53)47-25-19-28-8-7-9-30(26-28)38(50)48-31-12-10-29(11-13-31)39(51)52)23-24-45(46)33(37(32)44)14-15-35-42(5)20-18-36(49)41(3,4)34(42)17-21-43(35,45)6/h7-9,26,29,31-37,49H,1,10-25H2,2-6H3,(H,47,53)(H,48,50)(H,51,52). The second-order valence-corrected chi connectivity index (χ2v) is 21.7. The number of alkyl halides is 1. The van der Waals surface area contributed by atoms with Crippen molar-refractivity contribution < 1.29 is 24.6 Å². The quantitative estimate of drug-likeness (QED) is 0.119. The Morgan fingerprint density at radius 1 is 0.887 bits per heavy atom. The van der Waals surface area contributed by atoms with Crippen molar-refractivity contribution in [3.63, 3.8) is 0 Å². The number of allylic oxidation sites excluding steroid dienone is 1. The Balaban J connectivity index is 1.04. The molecule has 10 atom stereocenters. The summed E-state index contributed by atoms with van der Waals surface area (Å²) in [5.74, 6) is 1.37. The topological polar surface area (TPSA) is 116 Å². The zero-order valence-corrected chi connectivity index (χ0v) is 35.1. The lowest BCUT2D eigenvalue weighted by molar-refractivity contribution is -0.204. The van der Waals surface area contributed by atoms with E-state index in [4.69, 9.17) is 0 Å². The van der Waals surface area contributed by atoms with Crippen LogP contribution in [0, 0.1) is 57.2 Å². The average molecular weight is 841 g/mol. The summed E-state index contributed by atoms with van der Waals surface area (Å²) in [5, 5.41) is 27.0. The minimum Gasteiger partial charge on any atom is -0.481 e. The van der Waals surface area contributed by atoms with Crippen molar-refractivity contribution in [3.8, 4) is 0 Å². The van der Waals surface area contributed by atoms with Crippen LogP contribution in [0.5, 0.6) is 0 Å². The number of fused-ring (bicyclic) bond motifs is 7. The second kappa shape index (κ2) is 14.2. The third-order valence-corrected chi connectivity index (χ3v) is 19.6. The van der Waals surface area contributed by atoms with Crippen LogP contribution in [0.15, 0.2) is 36.4 Å². The number of hydrogen-bond donors (Lipinski definition) is 4. The van der Waals surface area contributed by atoms with Crippen molar-refractivity contribution in [2.24, 2.45) is 57.2 Å². The van der Waals surface area contributed by atoms with Gasteiger partial charge in [0, 0.05) is 21.6 Å². The number of aliphatic carboxylic acids is 1. The van der Waals surface area contributed by atoms with Gasteiger partial charge in [0.1, 0.15) is 0 Å². The third kappa shape index (κ3) is 6.34. The molecular weight excluding hydrogens is 775 g/mol. The molecule has 0 saturated heterocycles. The van der Waals surface area contributed by atoms with Crippen LogP contribution in [-0.4, -0.2) is 50.1 Å². The first-order valence-corrected chi connectivity index (χ1v) is 22.0. The Bertz CT molecular complexity index is 1620. The van der Waals surface area contributed by atoms with E-state index in [0.29, 0.717) is 73.8 Å². The largest absolute Gasteiger partial charge is 0.481 e. The monoisotopic (exact) mass is 840 g/mol. The molecule has 7 rings (SSSR count). The number of halogens is 1. The Labute approximate surface area is 331 Å². The van der Waals surface area contributed by atoms with Gasteiger partial charge >= 0.3 is 5.97 Å². The summed E-state index contributed by atoms with van der Waals surface area (Å²) in [7, 11) is 0. The van der Waals surface area contributed by atoms with Gasteiger partial charge in [-0.1, -0.05) is 74.6 Å². The molecule has 6 aliphatic rings. The molecule has 0 aliphatic heterocycles. The fourth-order valence-corrected chi connectivity index (χ4v) is 15.8. The number of carboxylic acid groups (broad SMARTS) is 1. The van der Waals surface area contributed by atoms with Crippen molar-refractivity contribution in [1.29, 1.82) is 0 Å². The minimum absolute atomic E-state index is 0.00338. The van der Waals surface area contributed by atoms with Gasteiger partial charge in [-0.05, 0) is 167 Å². The highest BCUT2D eigenvalue weighted by molar-refractivity contribution is 14.1. The SMILES string of the molecule is C=C(C)C1CCC2(C(=O)NCCc3cccc(C(=O)NC4CCC(C(=O)O)CC4)c3)CCC3(I)C(CCC4C5(C)CCC(O)C(C)(C)C5CCC43C)C12. The first-order valence-electron chi connectivity index (χ1n) is 20.9. The Hall–Kier alpha value is -1.94. The number of amides is 2. The van der Waals surface area contributed by atoms with Gasteiger partial charge < -0.3 is 20.8 Å². The van der Waals surface area contributed by atoms with Gasteiger partial charge in [0.15, 0.2) is 0 Å². The van der Waals surface area contributed by atoms with E-state index >= 15 is 0 Å². The first-order chi connectivity index (χ1) is 25.0. The molecule has 0 heterocycles. The zero-order valence-electron chi connectivity index (χ0n) is 32.9. The summed E-state index contributed by atoms with van der Waals surface area (Å²) in [6.45, 7) is 17.1. The molecule has 6 fully saturated rings. The predicted octanol–water partition coefficient (Wildman–Crippen LogP) is 8.90. The van der Waals surface area contributed by atoms with Crippen LogP contribution < -0.4 is 10.6 Å². The van der Waals surface area contributed by atoms with Crippen LogP contribution in [0.25, 0.3) is 0 Å². The molecular formula is C45H65IN2O5. The maximum atomic E-state index is 14.6. The molecule has 2 amide bonds. The first kappa shape index (κ1) is 39.3. The van der Waals surface area contributed by atoms with E-state index in [0.717, 1.165) is 44.1 Å². The summed E-state index contributed by atoms with van der Waals surface area (Å²) in [4.78, 5) is 39.1. The zero-order chi connectivity index (χ0) is 38.1. The summed E-state index contributed by atoms with van der Waals surface area (Å²) in [6.07, 6.45) is 13.8. The molecule has 1 aromatic rings. The number of benzene rings is 1. The molecule has 7 nitrogen and oxygen atoms in total. The van der Waals surface area contributed by atoms with Gasteiger partial charge in [0.25, 0.3) is 5.91 Å². The van der Waals surface area contributed by atoms with Crippen LogP contribution >= 0.6 is 22.6 Å². The van der Waals surface area contributed by atoms with Gasteiger partial charge in [-0.2, -0.15) is 0 Å². The van der Waals surface area contributed by atoms with Gasteiger partial charge in [-0.3, -0.25) is 14.4 Å². The molecule has 0 radical (unpaired) electrons. The molecule has 6 aliphatic carbocycles. The minimum atomic E-state index is -0.741. The van der Waals surface area contributed by atoms with E-state index < -0.39 is 5.97 Å². The lowest BCUT2D eigenvalue weighted by Crippen LogP contribution is -2.69. The number of nitrogens with one attached hydrogen (secondary N) is 2. The van der Waals surface area contributed by atoms with Crippen LogP contribution in [0.2, 0.25) is 0 Å². The van der Waals surface area contributed by atoms with Crippen LogP contribution in [-0.2, 0) is 16.0 Å². The third-order valence-electron chi connectivity index (χ3n) is 17.1. The average Bonchev–Trinajstić information content (AvgIpc) is 3.52. The van der Waals surface area contributed by atoms with Gasteiger partial charge in [0.2, 0.25) is 5.91 Å². The van der Waals surface area contributed by atoms with Crippen molar-refractivity contribution in [2.75, 3.05) is 6.54 Å². The number of carbonyl (C=O) groups is 3. The smallest absolute Gasteiger partial charge is 0.306 e. The van der Waals surface area contributed by atoms with Crippen molar-refractivity contribution >= 4 is 40.4 Å². The number of carboxylic acids is 1. The number of rotatable bonds is 8. The molecule has 1 aromatic carbocycles. The number of aliphatic hydroxyl groups excluding tert-OH is 1. The van der Waals surface area contributed by atoms with E-state index in [1.807, 2.05) is 24.3 Å². The molecule has 4 N–H and O–H groups in total. The lowest BCUT2D eigenvalue weighted by atomic mass is 9.36. The molecule has 8 heteroatoms. The molecule has 0 aromatic heterocycles. The predicted molar refractivity (Wildman–Crippen MR) is 218 cm³/mol. The van der Waals surface area contributed by atoms with Crippen molar-refractivity contribution in [1.82, 2.24) is 10.6 Å². The highest BCUT2D eigenvalue weighted by atomic mass is 127. The van der Waals surface area contributed by atoms with E-state index in [1.165, 1.54) is 31.3 Å². The normalized spacial score (nSPS) is 42.9. The summed E-state index contributed by atoms with van der Waals surface area (Å²) < 4.78 is 0.130. The highest BCUT2D eigenvalue weighted by Gasteiger charge is 2.72. The molecule has 292 valence electrons. The van der Waals surface area contributed by atoms with E-state index in [2.05, 4.69) is 74.4 Å². The molecule has 0 spiro atoms. The molecule has 6 saturated carbocycles. The van der Waals surface area contributed by atoms with Gasteiger partial charge in [-0.25, -0.2) is 0 Å². The maximum absolute atomic E-state index is 14.6. The van der Waals surface area contributed by atoms with Crippen molar-refractivity contribution in [3.05, 3.63) is 47.5 Å². The second-order valence-electron chi connectivity index (χ2n) is 19.7. The highest BCUT2D eigenvalue weighted by Crippen LogP contribution is 2.77. The maximum Gasteiger partial charge on any atom is 0.306 e. The fourth-order valence-electron chi connectivity index (χ4n) is 14.2. The van der Waals surface area contributed by atoms with Crippen LogP contribution in [0.4, 0.5) is 0 Å². The Kier molecular flexibility index (Phi) is 10.5. The summed E-state index contributed by atoms with van der Waals surface area (Å²) in [6, 6.07) is 7.72. The van der Waals surface area contributed by atoms with Crippen molar-refractivity contribution in [2.45, 2.75) is 146 Å². The lowest BCUT2D eigenvalue weighted by Gasteiger charge is -2.72. The molecule has 10 unspecified atom stereocenters. The van der Waals surface area contributed by atoms with Crippen LogP contribution in [0.1, 0.15) is 140 Å². The number of hydrogen-bond acceptors (Lipinski definition) is 4. The van der Waals surface area contributed by atoms with E-state index in [1.54, 1.807) is 0 Å². The fraction of sp³-hybridized carbons (Fsp3) is 0.756. The van der Waals surface area contributed by atoms with Gasteiger partial charge in [-0.15, -0.1) is 0 Å². The van der Waals surface area contributed by atoms with E-state index in [-0.39, 0.29) is 55.0 Å². The number of carbonyl (C=O) groups excluding carboxylic acids is 2. The summed E-state index contributed by atoms with van der Waals surface area (Å²) >= 11 is 2.94. The summed E-state index contributed by atoms with van der Waals surface area (Å²) in [5.41, 5.74) is 2.87. The van der Waals surface area contributed by atoms with Gasteiger partial charge in [0.05, 0.1) is 17.4 Å². The molecule has 53 heavy (non-hydrogen) atoms. The number of aliphatic hydroxyl groups is 1. The Morgan fingerprint density at radius 3 is 2.32 bits per heavy atom.